The summed E-state index contributed by atoms with van der Waals surface area (Å²) in [6.07, 6.45) is 4.66. The summed E-state index contributed by atoms with van der Waals surface area (Å²) in [5, 5.41) is 0. The lowest BCUT2D eigenvalue weighted by molar-refractivity contribution is -0.123. The van der Waals surface area contributed by atoms with E-state index in [9.17, 15) is 9.59 Å². The van der Waals surface area contributed by atoms with Crippen LogP contribution in [0.5, 0.6) is 0 Å². The number of aromatic nitrogens is 2. The van der Waals surface area contributed by atoms with Crippen LogP contribution in [0.1, 0.15) is 49.9 Å². The molecule has 2 fully saturated rings. The highest BCUT2D eigenvalue weighted by Crippen LogP contribution is 2.39. The molecule has 2 aromatic heterocycles. The van der Waals surface area contributed by atoms with Gasteiger partial charge in [0.2, 0.25) is 0 Å². The Morgan fingerprint density at radius 1 is 1.08 bits per heavy atom. The van der Waals surface area contributed by atoms with E-state index in [0.29, 0.717) is 38.1 Å². The molecule has 1 aromatic carbocycles. The molecule has 0 saturated carbocycles. The Bertz CT molecular complexity index is 1420. The third kappa shape index (κ3) is 4.60. The minimum Gasteiger partial charge on any atom is -0.355 e. The number of amides is 1. The fraction of sp³-hybridized carbons (Fsp3) is 0.357. The number of carbonyl (C=O) groups excluding carboxylic acids is 1. The third-order valence-corrected chi connectivity index (χ3v) is 8.25. The van der Waals surface area contributed by atoms with Gasteiger partial charge in [-0.15, -0.1) is 0 Å². The number of benzene rings is 1. The van der Waals surface area contributed by atoms with Gasteiger partial charge in [0.25, 0.3) is 11.5 Å². The Morgan fingerprint density at radius 2 is 1.78 bits per heavy atom. The number of nitrogens with zero attached hydrogens (tertiary/aromatic N) is 4. The first-order valence-electron chi connectivity index (χ1n) is 12.3. The molecule has 0 bridgehead atoms. The molecule has 0 radical (unpaired) electrons. The van der Waals surface area contributed by atoms with Gasteiger partial charge in [-0.05, 0) is 55.4 Å². The lowest BCUT2D eigenvalue weighted by Gasteiger charge is -2.36. The Morgan fingerprint density at radius 3 is 2.47 bits per heavy atom. The minimum atomic E-state index is -0.202. The van der Waals surface area contributed by atoms with Crippen molar-refractivity contribution >= 4 is 51.7 Å². The van der Waals surface area contributed by atoms with Gasteiger partial charge in [0.1, 0.15) is 15.8 Å². The number of pyridine rings is 1. The highest BCUT2D eigenvalue weighted by atomic mass is 32.2. The Balaban J connectivity index is 1.61. The van der Waals surface area contributed by atoms with E-state index >= 15 is 0 Å². The number of thiocarbonyl (C=S) groups is 1. The first-order chi connectivity index (χ1) is 17.2. The zero-order valence-corrected chi connectivity index (χ0v) is 22.6. The number of anilines is 1. The van der Waals surface area contributed by atoms with Crippen LogP contribution in [0.2, 0.25) is 0 Å². The third-order valence-electron chi connectivity index (χ3n) is 6.92. The molecular weight excluding hydrogens is 488 g/mol. The van der Waals surface area contributed by atoms with E-state index in [1.54, 1.807) is 21.6 Å². The van der Waals surface area contributed by atoms with Gasteiger partial charge < -0.3 is 4.90 Å². The molecule has 186 valence electrons. The molecule has 3 atom stereocenters. The summed E-state index contributed by atoms with van der Waals surface area (Å²) in [7, 11) is 0. The fourth-order valence-electron chi connectivity index (χ4n) is 5.28. The van der Waals surface area contributed by atoms with E-state index in [2.05, 4.69) is 18.7 Å². The van der Waals surface area contributed by atoms with Gasteiger partial charge in [0.15, 0.2) is 0 Å². The number of aryl methyl sites for hydroxylation is 1. The number of piperidine rings is 1. The normalized spacial score (nSPS) is 22.6. The molecule has 2 aliphatic heterocycles. The fourth-order valence-corrected chi connectivity index (χ4v) is 6.68. The molecule has 0 aliphatic carbocycles. The minimum absolute atomic E-state index is 0.175. The van der Waals surface area contributed by atoms with Crippen molar-refractivity contribution in [3.05, 3.63) is 80.6 Å². The van der Waals surface area contributed by atoms with E-state index in [1.165, 1.54) is 11.8 Å². The topological polar surface area (TPSA) is 57.9 Å². The van der Waals surface area contributed by atoms with Crippen molar-refractivity contribution in [3.8, 4) is 0 Å². The van der Waals surface area contributed by atoms with Crippen LogP contribution in [0.4, 0.5) is 5.82 Å². The van der Waals surface area contributed by atoms with Crippen LogP contribution in [0.3, 0.4) is 0 Å². The molecule has 1 amide bonds. The molecular formula is C28H30N4O2S2. The summed E-state index contributed by atoms with van der Waals surface area (Å²) in [5.41, 5.74) is 2.84. The molecule has 2 aliphatic rings. The molecule has 36 heavy (non-hydrogen) atoms. The average molecular weight is 519 g/mol. The van der Waals surface area contributed by atoms with Crippen LogP contribution in [-0.4, -0.2) is 37.6 Å². The maximum atomic E-state index is 13.8. The maximum Gasteiger partial charge on any atom is 0.267 e. The number of rotatable bonds is 4. The summed E-state index contributed by atoms with van der Waals surface area (Å²) in [6.45, 7) is 10.0. The molecule has 0 N–H and O–H groups in total. The van der Waals surface area contributed by atoms with Crippen molar-refractivity contribution in [2.45, 2.75) is 40.2 Å². The molecule has 3 unspecified atom stereocenters. The van der Waals surface area contributed by atoms with Crippen molar-refractivity contribution in [2.24, 2.45) is 11.8 Å². The van der Waals surface area contributed by atoms with Crippen molar-refractivity contribution in [1.82, 2.24) is 14.3 Å². The largest absolute Gasteiger partial charge is 0.355 e. The van der Waals surface area contributed by atoms with Gasteiger partial charge in [0, 0.05) is 19.3 Å². The van der Waals surface area contributed by atoms with Crippen LogP contribution >= 0.6 is 24.0 Å². The van der Waals surface area contributed by atoms with Crippen molar-refractivity contribution in [1.29, 1.82) is 0 Å². The summed E-state index contributed by atoms with van der Waals surface area (Å²) in [4.78, 5) is 36.6. The van der Waals surface area contributed by atoms with Crippen molar-refractivity contribution in [3.63, 3.8) is 0 Å². The van der Waals surface area contributed by atoms with Gasteiger partial charge in [-0.2, -0.15) is 0 Å². The Labute approximate surface area is 221 Å². The second kappa shape index (κ2) is 9.82. The van der Waals surface area contributed by atoms with Gasteiger partial charge in [-0.3, -0.25) is 18.9 Å². The first-order valence-corrected chi connectivity index (χ1v) is 13.6. The van der Waals surface area contributed by atoms with Crippen LogP contribution in [0.25, 0.3) is 11.7 Å². The number of fused-ring (bicyclic) bond motifs is 1. The first kappa shape index (κ1) is 24.7. The Hall–Kier alpha value is -2.97. The number of hydrogen-bond donors (Lipinski definition) is 0. The van der Waals surface area contributed by atoms with Gasteiger partial charge in [0.05, 0.1) is 16.5 Å². The number of hydrogen-bond acceptors (Lipinski definition) is 6. The van der Waals surface area contributed by atoms with E-state index < -0.39 is 0 Å². The smallest absolute Gasteiger partial charge is 0.267 e. The van der Waals surface area contributed by atoms with Crippen LogP contribution in [0.15, 0.2) is 58.4 Å². The summed E-state index contributed by atoms with van der Waals surface area (Å²) >= 11 is 6.87. The van der Waals surface area contributed by atoms with Crippen molar-refractivity contribution in [2.75, 3.05) is 18.0 Å². The number of carbonyl (C=O) groups is 1. The molecule has 2 saturated heterocycles. The summed E-state index contributed by atoms with van der Waals surface area (Å²) in [6, 6.07) is 13.5. The SMILES string of the molecule is Cc1ccc2nc(N3CC(C)CC(C)C3)c(/C=C3\SC(=S)N(C(C)c4ccccc4)C3=O)c(=O)n2c1. The quantitative estimate of drug-likeness (QED) is 0.338. The maximum absolute atomic E-state index is 13.8. The van der Waals surface area contributed by atoms with Crippen molar-refractivity contribution < 1.29 is 4.79 Å². The van der Waals surface area contributed by atoms with E-state index in [0.717, 1.165) is 30.6 Å². The Kier molecular flexibility index (Phi) is 6.74. The van der Waals surface area contributed by atoms with E-state index in [4.69, 9.17) is 17.2 Å². The van der Waals surface area contributed by atoms with E-state index in [1.807, 2.05) is 56.3 Å². The molecule has 0 spiro atoms. The second-order valence-electron chi connectivity index (χ2n) is 10.1. The van der Waals surface area contributed by atoms with Gasteiger partial charge in [-0.1, -0.05) is 74.2 Å². The van der Waals surface area contributed by atoms with Gasteiger partial charge >= 0.3 is 0 Å². The average Bonchev–Trinajstić information content (AvgIpc) is 3.13. The highest BCUT2D eigenvalue weighted by molar-refractivity contribution is 8.26. The number of thioether (sulfide) groups is 1. The van der Waals surface area contributed by atoms with Crippen LogP contribution in [0, 0.1) is 18.8 Å². The zero-order valence-electron chi connectivity index (χ0n) is 21.0. The van der Waals surface area contributed by atoms with E-state index in [-0.39, 0.29) is 17.5 Å². The predicted octanol–water partition coefficient (Wildman–Crippen LogP) is 5.45. The second-order valence-corrected chi connectivity index (χ2v) is 11.8. The zero-order chi connectivity index (χ0) is 25.6. The highest BCUT2D eigenvalue weighted by Gasteiger charge is 2.37. The standard InChI is InChI=1S/C28H30N4O2S2/c1-17-10-11-24-29-25(30-14-18(2)12-19(3)15-30)22(26(33)31(24)16-17)13-23-27(34)32(28(35)36-23)20(4)21-8-6-5-7-9-21/h5-11,13,16,18-20H,12,14-15H2,1-4H3/b23-13-. The molecule has 3 aromatic rings. The van der Waals surface area contributed by atoms with Crippen LogP contribution < -0.4 is 10.5 Å². The molecule has 6 nitrogen and oxygen atoms in total. The molecule has 4 heterocycles. The monoisotopic (exact) mass is 518 g/mol. The van der Waals surface area contributed by atoms with Gasteiger partial charge in [-0.25, -0.2) is 4.98 Å². The van der Waals surface area contributed by atoms with Crippen LogP contribution in [-0.2, 0) is 4.79 Å². The summed E-state index contributed by atoms with van der Waals surface area (Å²) < 4.78 is 2.07. The lowest BCUT2D eigenvalue weighted by Crippen LogP contribution is -2.40. The summed E-state index contributed by atoms with van der Waals surface area (Å²) in [5.74, 6) is 1.44. The molecule has 8 heteroatoms. The predicted molar refractivity (Wildman–Crippen MR) is 151 cm³/mol. The molecule has 5 rings (SSSR count). The lowest BCUT2D eigenvalue weighted by atomic mass is 9.91.